The van der Waals surface area contributed by atoms with Gasteiger partial charge in [0.1, 0.15) is 11.5 Å². The van der Waals surface area contributed by atoms with Crippen molar-refractivity contribution in [3.63, 3.8) is 0 Å². The lowest BCUT2D eigenvalue weighted by molar-refractivity contribution is 0.476. The third-order valence-electron chi connectivity index (χ3n) is 4.12. The van der Waals surface area contributed by atoms with E-state index in [1.54, 1.807) is 0 Å². The van der Waals surface area contributed by atoms with Crippen LogP contribution in [0.4, 0.5) is 0 Å². The summed E-state index contributed by atoms with van der Waals surface area (Å²) in [6.07, 6.45) is 0. The molecule has 2 atom stereocenters. The fraction of sp³-hybridized carbons (Fsp3) is 0.250. The van der Waals surface area contributed by atoms with Crippen LogP contribution in [0.15, 0.2) is 42.5 Å². The highest BCUT2D eigenvalue weighted by Crippen LogP contribution is 2.48. The zero-order valence-corrected chi connectivity index (χ0v) is 11.2. The van der Waals surface area contributed by atoms with Crippen molar-refractivity contribution in [3.05, 3.63) is 58.6 Å². The number of para-hydroxylation sites is 1. The first kappa shape index (κ1) is 11.3. The number of hydrogen-bond donors (Lipinski definition) is 1. The van der Waals surface area contributed by atoms with E-state index >= 15 is 0 Å². The molecule has 1 N–H and O–H groups in total. The van der Waals surface area contributed by atoms with E-state index in [1.807, 2.05) is 24.3 Å². The Morgan fingerprint density at radius 2 is 1.68 bits per heavy atom. The molecule has 4 rings (SSSR count). The first-order chi connectivity index (χ1) is 9.33. The van der Waals surface area contributed by atoms with Gasteiger partial charge in [0.25, 0.3) is 0 Å². The van der Waals surface area contributed by atoms with Crippen LogP contribution in [-0.4, -0.2) is 13.1 Å². The molecule has 96 valence electrons. The Hall–Kier alpha value is -1.51. The molecule has 1 fully saturated rings. The highest BCUT2D eigenvalue weighted by atomic mass is 35.5. The third-order valence-corrected chi connectivity index (χ3v) is 4.36. The second-order valence-corrected chi connectivity index (χ2v) is 5.63. The van der Waals surface area contributed by atoms with Crippen LogP contribution in [0.3, 0.4) is 0 Å². The molecule has 1 unspecified atom stereocenters. The molecule has 0 bridgehead atoms. The minimum atomic E-state index is 0.442. The maximum absolute atomic E-state index is 6.16. The Balaban J connectivity index is 1.94. The van der Waals surface area contributed by atoms with Crippen LogP contribution in [0.1, 0.15) is 23.0 Å². The minimum Gasteiger partial charge on any atom is -0.457 e. The van der Waals surface area contributed by atoms with Gasteiger partial charge in [-0.2, -0.15) is 0 Å². The Morgan fingerprint density at radius 3 is 2.58 bits per heavy atom. The van der Waals surface area contributed by atoms with Crippen molar-refractivity contribution < 1.29 is 4.74 Å². The van der Waals surface area contributed by atoms with Gasteiger partial charge in [0.05, 0.1) is 0 Å². The van der Waals surface area contributed by atoms with Crippen molar-refractivity contribution in [2.45, 2.75) is 11.8 Å². The molecule has 1 saturated heterocycles. The van der Waals surface area contributed by atoms with Crippen LogP contribution < -0.4 is 10.1 Å². The summed E-state index contributed by atoms with van der Waals surface area (Å²) in [5, 5.41) is 4.27. The molecule has 0 aromatic heterocycles. The lowest BCUT2D eigenvalue weighted by atomic mass is 9.84. The number of fused-ring (bicyclic) bond motifs is 5. The summed E-state index contributed by atoms with van der Waals surface area (Å²) in [5.41, 5.74) is 2.52. The van der Waals surface area contributed by atoms with Gasteiger partial charge < -0.3 is 10.1 Å². The van der Waals surface area contributed by atoms with Crippen molar-refractivity contribution in [1.82, 2.24) is 5.32 Å². The lowest BCUT2D eigenvalue weighted by Gasteiger charge is -2.17. The summed E-state index contributed by atoms with van der Waals surface area (Å²) in [6.45, 7) is 1.98. The molecular formula is C16H14ClNO. The highest BCUT2D eigenvalue weighted by molar-refractivity contribution is 6.30. The van der Waals surface area contributed by atoms with E-state index in [-0.39, 0.29) is 0 Å². The fourth-order valence-corrected chi connectivity index (χ4v) is 3.41. The van der Waals surface area contributed by atoms with E-state index in [9.17, 15) is 0 Å². The Kier molecular flexibility index (Phi) is 2.54. The average molecular weight is 272 g/mol. The normalized spacial score (nSPS) is 23.8. The maximum atomic E-state index is 6.16. The molecule has 3 heteroatoms. The molecule has 2 aliphatic rings. The molecule has 2 aromatic rings. The first-order valence-corrected chi connectivity index (χ1v) is 6.97. The fourth-order valence-electron chi connectivity index (χ4n) is 3.23. The summed E-state index contributed by atoms with van der Waals surface area (Å²) < 4.78 is 6.11. The standard InChI is InChI=1S/C16H14ClNO/c17-10-5-6-16-12(7-10)14-9-18-8-13(14)11-3-1-2-4-15(11)19-16/h1-7,13-14,18H,8-9H2/t13-,14?/m1/s1. The van der Waals surface area contributed by atoms with E-state index in [2.05, 4.69) is 23.5 Å². The quantitative estimate of drug-likeness (QED) is 0.784. The number of ether oxygens (including phenoxy) is 1. The van der Waals surface area contributed by atoms with E-state index in [0.717, 1.165) is 29.6 Å². The van der Waals surface area contributed by atoms with E-state index in [0.29, 0.717) is 11.8 Å². The van der Waals surface area contributed by atoms with Crippen molar-refractivity contribution in [1.29, 1.82) is 0 Å². The van der Waals surface area contributed by atoms with Crippen molar-refractivity contribution in [3.8, 4) is 11.5 Å². The smallest absolute Gasteiger partial charge is 0.131 e. The molecule has 19 heavy (non-hydrogen) atoms. The Labute approximate surface area is 117 Å². The van der Waals surface area contributed by atoms with Crippen LogP contribution >= 0.6 is 11.6 Å². The number of hydrogen-bond acceptors (Lipinski definition) is 2. The molecule has 2 nitrogen and oxygen atoms in total. The second kappa shape index (κ2) is 4.26. The van der Waals surface area contributed by atoms with Crippen LogP contribution in [0, 0.1) is 0 Å². The molecule has 2 heterocycles. The highest BCUT2D eigenvalue weighted by Gasteiger charge is 2.35. The van der Waals surface area contributed by atoms with Gasteiger partial charge in [0, 0.05) is 35.5 Å². The molecule has 0 amide bonds. The summed E-state index contributed by atoms with van der Waals surface area (Å²) in [6, 6.07) is 14.3. The summed E-state index contributed by atoms with van der Waals surface area (Å²) >= 11 is 6.16. The van der Waals surface area contributed by atoms with E-state index in [1.165, 1.54) is 11.1 Å². The number of nitrogens with one attached hydrogen (secondary N) is 1. The van der Waals surface area contributed by atoms with Gasteiger partial charge in [0.15, 0.2) is 0 Å². The van der Waals surface area contributed by atoms with Gasteiger partial charge in [-0.3, -0.25) is 0 Å². The van der Waals surface area contributed by atoms with Gasteiger partial charge in [-0.25, -0.2) is 0 Å². The minimum absolute atomic E-state index is 0.442. The molecule has 0 spiro atoms. The SMILES string of the molecule is Clc1ccc2c(c1)C1CNC[C@@H]1c1ccccc1O2. The van der Waals surface area contributed by atoms with Gasteiger partial charge in [0.2, 0.25) is 0 Å². The number of rotatable bonds is 0. The number of halogens is 1. The Bertz CT molecular complexity index is 640. The van der Waals surface area contributed by atoms with Gasteiger partial charge in [-0.1, -0.05) is 29.8 Å². The van der Waals surface area contributed by atoms with E-state index < -0.39 is 0 Å². The van der Waals surface area contributed by atoms with Crippen molar-refractivity contribution >= 4 is 11.6 Å². The first-order valence-electron chi connectivity index (χ1n) is 6.60. The predicted octanol–water partition coefficient (Wildman–Crippen LogP) is 3.92. The van der Waals surface area contributed by atoms with Gasteiger partial charge in [-0.05, 0) is 29.8 Å². The number of benzene rings is 2. The molecule has 0 saturated carbocycles. The van der Waals surface area contributed by atoms with Gasteiger partial charge in [-0.15, -0.1) is 0 Å². The Morgan fingerprint density at radius 1 is 0.947 bits per heavy atom. The van der Waals surface area contributed by atoms with Crippen LogP contribution in [-0.2, 0) is 0 Å². The lowest BCUT2D eigenvalue weighted by Crippen LogP contribution is -2.08. The molecule has 2 aliphatic heterocycles. The second-order valence-electron chi connectivity index (χ2n) is 5.19. The summed E-state index contributed by atoms with van der Waals surface area (Å²) in [7, 11) is 0. The molecule has 2 aromatic carbocycles. The predicted molar refractivity (Wildman–Crippen MR) is 76.3 cm³/mol. The van der Waals surface area contributed by atoms with Gasteiger partial charge >= 0.3 is 0 Å². The van der Waals surface area contributed by atoms with Crippen LogP contribution in [0.5, 0.6) is 11.5 Å². The third kappa shape index (κ3) is 1.75. The molecule has 0 aliphatic carbocycles. The van der Waals surface area contributed by atoms with Crippen LogP contribution in [0.25, 0.3) is 0 Å². The largest absolute Gasteiger partial charge is 0.457 e. The summed E-state index contributed by atoms with van der Waals surface area (Å²) in [4.78, 5) is 0. The molecular weight excluding hydrogens is 258 g/mol. The summed E-state index contributed by atoms with van der Waals surface area (Å²) in [5.74, 6) is 2.82. The zero-order chi connectivity index (χ0) is 12.8. The average Bonchev–Trinajstić information content (AvgIpc) is 2.86. The monoisotopic (exact) mass is 271 g/mol. The maximum Gasteiger partial charge on any atom is 0.131 e. The van der Waals surface area contributed by atoms with Crippen molar-refractivity contribution in [2.24, 2.45) is 0 Å². The van der Waals surface area contributed by atoms with E-state index in [4.69, 9.17) is 16.3 Å². The topological polar surface area (TPSA) is 21.3 Å². The van der Waals surface area contributed by atoms with Crippen molar-refractivity contribution in [2.75, 3.05) is 13.1 Å². The van der Waals surface area contributed by atoms with Crippen LogP contribution in [0.2, 0.25) is 5.02 Å². The zero-order valence-electron chi connectivity index (χ0n) is 10.4. The molecule has 0 radical (unpaired) electrons.